The van der Waals surface area contributed by atoms with Crippen molar-refractivity contribution in [2.45, 2.75) is 19.1 Å². The van der Waals surface area contributed by atoms with Crippen LogP contribution in [0.3, 0.4) is 0 Å². The predicted octanol–water partition coefficient (Wildman–Crippen LogP) is 0.715. The Kier molecular flexibility index (Phi) is 5.55. The second-order valence-corrected chi connectivity index (χ2v) is 5.16. The molecule has 2 N–H and O–H groups in total. The minimum Gasteiger partial charge on any atom is -0.495 e. The van der Waals surface area contributed by atoms with E-state index in [1.807, 2.05) is 24.0 Å². The fourth-order valence-electron chi connectivity index (χ4n) is 2.33. The number of aliphatic hydroxyl groups excluding tert-OH is 1. The lowest BCUT2D eigenvalue weighted by Crippen LogP contribution is -2.51. The molecule has 0 aromatic heterocycles. The van der Waals surface area contributed by atoms with Crippen LogP contribution >= 0.6 is 0 Å². The van der Waals surface area contributed by atoms with Gasteiger partial charge in [0, 0.05) is 12.6 Å². The number of amides is 1. The number of rotatable bonds is 5. The summed E-state index contributed by atoms with van der Waals surface area (Å²) in [6, 6.07) is 7.45. The molecular weight excluding hydrogens is 272 g/mol. The van der Waals surface area contributed by atoms with Crippen LogP contribution in [0.1, 0.15) is 6.92 Å². The van der Waals surface area contributed by atoms with Crippen LogP contribution in [0.4, 0.5) is 5.69 Å². The Balaban J connectivity index is 1.94. The Morgan fingerprint density at radius 1 is 1.52 bits per heavy atom. The third kappa shape index (κ3) is 4.17. The lowest BCUT2D eigenvalue weighted by atomic mass is 10.2. The van der Waals surface area contributed by atoms with Gasteiger partial charge in [-0.05, 0) is 19.1 Å². The number of para-hydroxylation sites is 2. The molecule has 1 saturated heterocycles. The van der Waals surface area contributed by atoms with Gasteiger partial charge in [0.25, 0.3) is 0 Å². The van der Waals surface area contributed by atoms with E-state index in [0.29, 0.717) is 24.6 Å². The van der Waals surface area contributed by atoms with Gasteiger partial charge in [0.05, 0.1) is 38.7 Å². The number of nitrogens with zero attached hydrogens (tertiary/aromatic N) is 1. The van der Waals surface area contributed by atoms with Crippen LogP contribution in [0, 0.1) is 0 Å². The van der Waals surface area contributed by atoms with Gasteiger partial charge in [-0.1, -0.05) is 12.1 Å². The summed E-state index contributed by atoms with van der Waals surface area (Å²) < 4.78 is 10.7. The number of ether oxygens (including phenoxy) is 2. The van der Waals surface area contributed by atoms with Crippen molar-refractivity contribution in [1.29, 1.82) is 0 Å². The fourth-order valence-corrected chi connectivity index (χ4v) is 2.33. The van der Waals surface area contributed by atoms with E-state index in [4.69, 9.17) is 14.6 Å². The van der Waals surface area contributed by atoms with E-state index < -0.39 is 0 Å². The third-order valence-electron chi connectivity index (χ3n) is 3.57. The Labute approximate surface area is 124 Å². The minimum absolute atomic E-state index is 0.0304. The van der Waals surface area contributed by atoms with Crippen molar-refractivity contribution in [2.24, 2.45) is 0 Å². The minimum atomic E-state index is -0.222. The highest BCUT2D eigenvalue weighted by Crippen LogP contribution is 2.23. The second-order valence-electron chi connectivity index (χ2n) is 5.16. The van der Waals surface area contributed by atoms with Gasteiger partial charge in [0.2, 0.25) is 5.91 Å². The summed E-state index contributed by atoms with van der Waals surface area (Å²) in [5.74, 6) is 0.527. The Morgan fingerprint density at radius 2 is 2.29 bits per heavy atom. The largest absolute Gasteiger partial charge is 0.495 e. The molecule has 1 aliphatic rings. The molecule has 1 aliphatic heterocycles. The maximum Gasteiger partial charge on any atom is 0.238 e. The molecule has 0 radical (unpaired) electrons. The van der Waals surface area contributed by atoms with Crippen LogP contribution in [-0.4, -0.2) is 61.5 Å². The first-order valence-electron chi connectivity index (χ1n) is 7.03. The van der Waals surface area contributed by atoms with Gasteiger partial charge in [0.15, 0.2) is 0 Å². The van der Waals surface area contributed by atoms with Crippen LogP contribution < -0.4 is 10.1 Å². The van der Waals surface area contributed by atoms with E-state index in [-0.39, 0.29) is 31.2 Å². The van der Waals surface area contributed by atoms with Crippen molar-refractivity contribution in [1.82, 2.24) is 4.90 Å². The average Bonchev–Trinajstić information content (AvgIpc) is 2.50. The molecular formula is C15H22N2O4. The monoisotopic (exact) mass is 294 g/mol. The maximum absolute atomic E-state index is 12.2. The fraction of sp³-hybridized carbons (Fsp3) is 0.533. The van der Waals surface area contributed by atoms with E-state index >= 15 is 0 Å². The van der Waals surface area contributed by atoms with Gasteiger partial charge in [-0.2, -0.15) is 0 Å². The summed E-state index contributed by atoms with van der Waals surface area (Å²) in [6.07, 6.45) is -0.222. The number of hydrogen-bond donors (Lipinski definition) is 2. The van der Waals surface area contributed by atoms with Gasteiger partial charge in [-0.15, -0.1) is 0 Å². The summed E-state index contributed by atoms with van der Waals surface area (Å²) >= 11 is 0. The number of carbonyl (C=O) groups is 1. The van der Waals surface area contributed by atoms with Crippen LogP contribution in [-0.2, 0) is 9.53 Å². The predicted molar refractivity (Wildman–Crippen MR) is 79.5 cm³/mol. The first-order valence-corrected chi connectivity index (χ1v) is 7.03. The third-order valence-corrected chi connectivity index (χ3v) is 3.57. The number of anilines is 1. The molecule has 1 heterocycles. The summed E-state index contributed by atoms with van der Waals surface area (Å²) in [4.78, 5) is 14.2. The van der Waals surface area contributed by atoms with Crippen molar-refractivity contribution in [2.75, 3.05) is 38.7 Å². The highest BCUT2D eigenvalue weighted by Gasteiger charge is 2.27. The van der Waals surface area contributed by atoms with Crippen LogP contribution in [0.25, 0.3) is 0 Å². The molecule has 1 fully saturated rings. The molecule has 116 valence electrons. The summed E-state index contributed by atoms with van der Waals surface area (Å²) in [5, 5.41) is 12.0. The van der Waals surface area contributed by atoms with Crippen molar-refractivity contribution in [3.8, 4) is 5.75 Å². The number of methoxy groups -OCH3 is 1. The Bertz CT molecular complexity index is 480. The Morgan fingerprint density at radius 3 is 3.00 bits per heavy atom. The molecule has 0 spiro atoms. The summed E-state index contributed by atoms with van der Waals surface area (Å²) in [5.41, 5.74) is 0.657. The maximum atomic E-state index is 12.2. The van der Waals surface area contributed by atoms with Gasteiger partial charge >= 0.3 is 0 Å². The molecule has 0 aliphatic carbocycles. The number of hydrogen-bond acceptors (Lipinski definition) is 5. The zero-order valence-electron chi connectivity index (χ0n) is 12.4. The number of benzene rings is 1. The quantitative estimate of drug-likeness (QED) is 0.837. The topological polar surface area (TPSA) is 71.0 Å². The number of aliphatic hydroxyl groups is 1. The van der Waals surface area contributed by atoms with E-state index in [1.165, 1.54) is 0 Å². The molecule has 6 nitrogen and oxygen atoms in total. The highest BCUT2D eigenvalue weighted by molar-refractivity contribution is 5.93. The smallest absolute Gasteiger partial charge is 0.238 e. The summed E-state index contributed by atoms with van der Waals surface area (Å²) in [7, 11) is 1.57. The van der Waals surface area contributed by atoms with Gasteiger partial charge in [0.1, 0.15) is 5.75 Å². The van der Waals surface area contributed by atoms with Crippen LogP contribution in [0.2, 0.25) is 0 Å². The first-order chi connectivity index (χ1) is 10.1. The number of nitrogens with one attached hydrogen (secondary N) is 1. The molecule has 0 saturated carbocycles. The van der Waals surface area contributed by atoms with Gasteiger partial charge < -0.3 is 19.9 Å². The molecule has 2 rings (SSSR count). The van der Waals surface area contributed by atoms with E-state index in [9.17, 15) is 4.79 Å². The van der Waals surface area contributed by atoms with E-state index in [0.717, 1.165) is 0 Å². The second kappa shape index (κ2) is 7.40. The van der Waals surface area contributed by atoms with Crippen molar-refractivity contribution in [3.63, 3.8) is 0 Å². The molecule has 1 amide bonds. The molecule has 2 atom stereocenters. The van der Waals surface area contributed by atoms with E-state index in [1.54, 1.807) is 19.2 Å². The molecule has 1 aromatic rings. The zero-order chi connectivity index (χ0) is 15.2. The Hall–Kier alpha value is -1.63. The van der Waals surface area contributed by atoms with Gasteiger partial charge in [-0.25, -0.2) is 0 Å². The molecule has 21 heavy (non-hydrogen) atoms. The molecule has 2 unspecified atom stereocenters. The normalized spacial score (nSPS) is 22.8. The summed E-state index contributed by atoms with van der Waals surface area (Å²) in [6.45, 7) is 3.31. The lowest BCUT2D eigenvalue weighted by molar-refractivity contribution is -0.122. The zero-order valence-corrected chi connectivity index (χ0v) is 12.4. The molecule has 6 heteroatoms. The first kappa shape index (κ1) is 15.8. The number of morpholine rings is 1. The van der Waals surface area contributed by atoms with Crippen LogP contribution in [0.15, 0.2) is 24.3 Å². The van der Waals surface area contributed by atoms with Crippen molar-refractivity contribution < 1.29 is 19.4 Å². The lowest BCUT2D eigenvalue weighted by Gasteiger charge is -2.36. The van der Waals surface area contributed by atoms with Crippen LogP contribution in [0.5, 0.6) is 5.75 Å². The standard InChI is InChI=1S/C15H22N2O4/c1-11-10-21-12(9-18)7-17(11)8-15(19)16-13-5-3-4-6-14(13)20-2/h3-6,11-12,18H,7-10H2,1-2H3,(H,16,19). The molecule has 0 bridgehead atoms. The molecule has 1 aromatic carbocycles. The number of carbonyl (C=O) groups excluding carboxylic acids is 1. The van der Waals surface area contributed by atoms with Gasteiger partial charge in [-0.3, -0.25) is 9.69 Å². The van der Waals surface area contributed by atoms with Crippen molar-refractivity contribution >= 4 is 11.6 Å². The van der Waals surface area contributed by atoms with Crippen molar-refractivity contribution in [3.05, 3.63) is 24.3 Å². The SMILES string of the molecule is COc1ccccc1NC(=O)CN1CC(CO)OCC1C. The van der Waals surface area contributed by atoms with E-state index in [2.05, 4.69) is 5.32 Å². The highest BCUT2D eigenvalue weighted by atomic mass is 16.5. The average molecular weight is 294 g/mol.